The number of nitrogens with one attached hydrogen (secondary N) is 1. The summed E-state index contributed by atoms with van der Waals surface area (Å²) in [7, 11) is 3.50. The number of benzene rings is 2. The third-order valence-electron chi connectivity index (χ3n) is 4.46. The first-order valence-corrected chi connectivity index (χ1v) is 10.6. The number of aryl methyl sites for hydroxylation is 1. The van der Waals surface area contributed by atoms with Gasteiger partial charge in [0.2, 0.25) is 5.91 Å². The molecule has 2 amide bonds. The summed E-state index contributed by atoms with van der Waals surface area (Å²) < 4.78 is 6.52. The van der Waals surface area contributed by atoms with Gasteiger partial charge >= 0.3 is 0 Å². The molecule has 0 aliphatic rings. The molecule has 0 bridgehead atoms. The number of anilines is 1. The summed E-state index contributed by atoms with van der Waals surface area (Å²) in [5, 5.41) is 2.92. The number of nitrogens with zero attached hydrogens (tertiary/aromatic N) is 1. The van der Waals surface area contributed by atoms with E-state index < -0.39 is 0 Å². The first kappa shape index (κ1) is 22.9. The summed E-state index contributed by atoms with van der Waals surface area (Å²) in [6.45, 7) is 4.95. The van der Waals surface area contributed by atoms with Crippen molar-refractivity contribution >= 4 is 33.4 Å². The predicted octanol–water partition coefficient (Wildman–Crippen LogP) is 5.15. The average Bonchev–Trinajstić information content (AvgIpc) is 2.67. The van der Waals surface area contributed by atoms with Crippen molar-refractivity contribution < 1.29 is 14.3 Å². The topological polar surface area (TPSA) is 58.6 Å². The number of carbonyl (C=O) groups is 2. The quantitative estimate of drug-likeness (QED) is 0.562. The second-order valence-corrected chi connectivity index (χ2v) is 8.47. The molecule has 0 fully saturated rings. The maximum atomic E-state index is 12.6. The van der Waals surface area contributed by atoms with Gasteiger partial charge in [-0.15, -0.1) is 0 Å². The monoisotopic (exact) mass is 460 g/mol. The molecule has 2 aromatic carbocycles. The molecular formula is C23H29BrN2O3. The Bertz CT molecular complexity index is 850. The van der Waals surface area contributed by atoms with Gasteiger partial charge in [-0.3, -0.25) is 9.59 Å². The molecule has 0 aliphatic heterocycles. The van der Waals surface area contributed by atoms with Gasteiger partial charge < -0.3 is 15.0 Å². The number of amides is 2. The lowest BCUT2D eigenvalue weighted by Crippen LogP contribution is -2.21. The van der Waals surface area contributed by atoms with E-state index in [1.54, 1.807) is 31.1 Å². The van der Waals surface area contributed by atoms with E-state index in [0.29, 0.717) is 36.6 Å². The summed E-state index contributed by atoms with van der Waals surface area (Å²) in [6, 6.07) is 12.9. The zero-order chi connectivity index (χ0) is 21.4. The Morgan fingerprint density at radius 1 is 1.14 bits per heavy atom. The minimum atomic E-state index is -0.194. The molecule has 0 radical (unpaired) electrons. The van der Waals surface area contributed by atoms with Crippen LogP contribution in [0, 0.1) is 5.92 Å². The molecule has 0 aliphatic carbocycles. The molecule has 5 nitrogen and oxygen atoms in total. The molecule has 0 saturated heterocycles. The summed E-state index contributed by atoms with van der Waals surface area (Å²) in [6.07, 6.45) is 2.05. The lowest BCUT2D eigenvalue weighted by molar-refractivity contribution is -0.128. The SMILES string of the molecule is CC(C)CCOc1ccc(C(=O)Nc2cccc(CCC(=O)N(C)C)c2)cc1Br. The first-order valence-electron chi connectivity index (χ1n) is 9.79. The lowest BCUT2D eigenvalue weighted by atomic mass is 10.1. The Hall–Kier alpha value is -2.34. The van der Waals surface area contributed by atoms with Crippen molar-refractivity contribution in [1.29, 1.82) is 0 Å². The smallest absolute Gasteiger partial charge is 0.255 e. The zero-order valence-corrected chi connectivity index (χ0v) is 19.1. The summed E-state index contributed by atoms with van der Waals surface area (Å²) in [5.74, 6) is 1.20. The van der Waals surface area contributed by atoms with E-state index in [1.807, 2.05) is 30.3 Å². The van der Waals surface area contributed by atoms with Gasteiger partial charge in [0, 0.05) is 31.8 Å². The summed E-state index contributed by atoms with van der Waals surface area (Å²) in [5.41, 5.74) is 2.26. The fourth-order valence-corrected chi connectivity index (χ4v) is 3.14. The van der Waals surface area contributed by atoms with Crippen LogP contribution < -0.4 is 10.1 Å². The largest absolute Gasteiger partial charge is 0.492 e. The van der Waals surface area contributed by atoms with Crippen molar-refractivity contribution in [3.8, 4) is 5.75 Å². The summed E-state index contributed by atoms with van der Waals surface area (Å²) >= 11 is 3.48. The van der Waals surface area contributed by atoms with E-state index in [1.165, 1.54) is 0 Å². The third-order valence-corrected chi connectivity index (χ3v) is 5.08. The van der Waals surface area contributed by atoms with Crippen LogP contribution in [0.25, 0.3) is 0 Å². The Morgan fingerprint density at radius 2 is 1.90 bits per heavy atom. The van der Waals surface area contributed by atoms with Crippen LogP contribution in [-0.2, 0) is 11.2 Å². The van der Waals surface area contributed by atoms with Gasteiger partial charge in [-0.2, -0.15) is 0 Å². The highest BCUT2D eigenvalue weighted by molar-refractivity contribution is 9.10. The second kappa shape index (κ2) is 11.0. The maximum Gasteiger partial charge on any atom is 0.255 e. The number of halogens is 1. The van der Waals surface area contributed by atoms with E-state index in [4.69, 9.17) is 4.74 Å². The van der Waals surface area contributed by atoms with E-state index >= 15 is 0 Å². The first-order chi connectivity index (χ1) is 13.8. The van der Waals surface area contributed by atoms with Gasteiger partial charge in [0.1, 0.15) is 5.75 Å². The van der Waals surface area contributed by atoms with Crippen molar-refractivity contribution in [2.24, 2.45) is 5.92 Å². The number of ether oxygens (including phenoxy) is 1. The van der Waals surface area contributed by atoms with Crippen LogP contribution >= 0.6 is 15.9 Å². The molecule has 0 aromatic heterocycles. The van der Waals surface area contributed by atoms with E-state index in [-0.39, 0.29) is 11.8 Å². The highest BCUT2D eigenvalue weighted by Crippen LogP contribution is 2.27. The number of hydrogen-bond donors (Lipinski definition) is 1. The number of rotatable bonds is 9. The minimum absolute atomic E-state index is 0.0833. The van der Waals surface area contributed by atoms with Crippen molar-refractivity contribution in [2.45, 2.75) is 33.1 Å². The van der Waals surface area contributed by atoms with Crippen molar-refractivity contribution in [3.05, 3.63) is 58.1 Å². The molecule has 1 N–H and O–H groups in total. The number of carbonyl (C=O) groups excluding carboxylic acids is 2. The fourth-order valence-electron chi connectivity index (χ4n) is 2.65. The van der Waals surface area contributed by atoms with Crippen molar-refractivity contribution in [1.82, 2.24) is 4.90 Å². The zero-order valence-electron chi connectivity index (χ0n) is 17.5. The maximum absolute atomic E-state index is 12.6. The normalized spacial score (nSPS) is 10.7. The van der Waals surface area contributed by atoms with Gasteiger partial charge in [0.05, 0.1) is 11.1 Å². The number of hydrogen-bond acceptors (Lipinski definition) is 3. The highest BCUT2D eigenvalue weighted by atomic mass is 79.9. The van der Waals surface area contributed by atoms with Crippen LogP contribution in [0.1, 0.15) is 42.6 Å². The predicted molar refractivity (Wildman–Crippen MR) is 121 cm³/mol. The fraction of sp³-hybridized carbons (Fsp3) is 0.391. The minimum Gasteiger partial charge on any atom is -0.492 e. The Morgan fingerprint density at radius 3 is 2.55 bits per heavy atom. The van der Waals surface area contributed by atoms with E-state index in [2.05, 4.69) is 35.1 Å². The van der Waals surface area contributed by atoms with Crippen molar-refractivity contribution in [3.63, 3.8) is 0 Å². The van der Waals surface area contributed by atoms with E-state index in [0.717, 1.165) is 22.2 Å². The van der Waals surface area contributed by atoms with Crippen LogP contribution in [0.2, 0.25) is 0 Å². The Balaban J connectivity index is 1.98. The van der Waals surface area contributed by atoms with Gasteiger partial charge in [0.15, 0.2) is 0 Å². The highest BCUT2D eigenvalue weighted by Gasteiger charge is 2.11. The van der Waals surface area contributed by atoms with Crippen LogP contribution in [0.5, 0.6) is 5.75 Å². The third kappa shape index (κ3) is 7.54. The van der Waals surface area contributed by atoms with Gasteiger partial charge in [-0.05, 0) is 70.6 Å². The summed E-state index contributed by atoms with van der Waals surface area (Å²) in [4.78, 5) is 26.0. The molecule has 2 aromatic rings. The standard InChI is InChI=1S/C23H29BrN2O3/c1-16(2)12-13-29-21-10-9-18(15-20(21)24)23(28)25-19-7-5-6-17(14-19)8-11-22(27)26(3)4/h5-7,9-10,14-16H,8,11-13H2,1-4H3,(H,25,28). The van der Waals surface area contributed by atoms with Gasteiger partial charge in [0.25, 0.3) is 5.91 Å². The lowest BCUT2D eigenvalue weighted by Gasteiger charge is -2.12. The van der Waals surface area contributed by atoms with Gasteiger partial charge in [-0.25, -0.2) is 0 Å². The Kier molecular flexibility index (Phi) is 8.70. The molecule has 0 spiro atoms. The molecule has 0 unspecified atom stereocenters. The second-order valence-electron chi connectivity index (χ2n) is 7.62. The van der Waals surface area contributed by atoms with Crippen LogP contribution in [-0.4, -0.2) is 37.4 Å². The molecule has 2 rings (SSSR count). The molecule has 0 atom stereocenters. The van der Waals surface area contributed by atoms with Crippen LogP contribution in [0.15, 0.2) is 46.9 Å². The van der Waals surface area contributed by atoms with Crippen LogP contribution in [0.3, 0.4) is 0 Å². The molecule has 0 heterocycles. The van der Waals surface area contributed by atoms with E-state index in [9.17, 15) is 9.59 Å². The van der Waals surface area contributed by atoms with Crippen LogP contribution in [0.4, 0.5) is 5.69 Å². The molecular weight excluding hydrogens is 432 g/mol. The molecule has 0 saturated carbocycles. The van der Waals surface area contributed by atoms with Gasteiger partial charge in [-0.1, -0.05) is 26.0 Å². The molecule has 6 heteroatoms. The molecule has 29 heavy (non-hydrogen) atoms. The average molecular weight is 461 g/mol. The molecule has 156 valence electrons. The Labute approximate surface area is 181 Å². The van der Waals surface area contributed by atoms with Crippen molar-refractivity contribution in [2.75, 3.05) is 26.0 Å².